The van der Waals surface area contributed by atoms with Gasteiger partial charge in [0.25, 0.3) is 0 Å². The lowest BCUT2D eigenvalue weighted by atomic mass is 9.93. The molecule has 0 aliphatic rings. The lowest BCUT2D eigenvalue weighted by molar-refractivity contribution is -0.173. The van der Waals surface area contributed by atoms with E-state index in [0.717, 1.165) is 17.5 Å². The highest BCUT2D eigenvalue weighted by Crippen LogP contribution is 2.37. The predicted molar refractivity (Wildman–Crippen MR) is 141 cm³/mol. The van der Waals surface area contributed by atoms with Crippen molar-refractivity contribution >= 4 is 37.1 Å². The maximum Gasteiger partial charge on any atom is 0.347 e. The topological polar surface area (TPSA) is 96.7 Å². The zero-order chi connectivity index (χ0) is 27.5. The fraction of sp³-hybridized carbons (Fsp3) is 0.760. The first-order valence-corrected chi connectivity index (χ1v) is 15.8. The minimum absolute atomic E-state index is 0.0719. The van der Waals surface area contributed by atoms with Crippen LogP contribution in [0.3, 0.4) is 0 Å². The van der Waals surface area contributed by atoms with Gasteiger partial charge >= 0.3 is 11.9 Å². The predicted octanol–water partition coefficient (Wildman–Crippen LogP) is 5.65. The van der Waals surface area contributed by atoms with Crippen LogP contribution < -0.4 is 0 Å². The van der Waals surface area contributed by atoms with E-state index in [0.29, 0.717) is 5.16 Å². The van der Waals surface area contributed by atoms with Crippen LogP contribution in [0.15, 0.2) is 11.4 Å². The molecule has 8 nitrogen and oxygen atoms in total. The Morgan fingerprint density at radius 1 is 0.886 bits per heavy atom. The molecule has 0 amide bonds. The number of nitrogens with zero attached hydrogens (tertiary/aromatic N) is 2. The summed E-state index contributed by atoms with van der Waals surface area (Å²) in [5.74, 6) is -1.43. The van der Waals surface area contributed by atoms with Crippen molar-refractivity contribution < 1.29 is 28.3 Å². The summed E-state index contributed by atoms with van der Waals surface area (Å²) in [4.78, 5) is 42.4. The van der Waals surface area contributed by atoms with Gasteiger partial charge in [-0.15, -0.1) is 0 Å². The lowest BCUT2D eigenvalue weighted by Gasteiger charge is -2.37. The highest BCUT2D eigenvalue weighted by atomic mass is 32.2. The van der Waals surface area contributed by atoms with Gasteiger partial charge in [0, 0.05) is 17.7 Å². The normalized spacial score (nSPS) is 15.5. The van der Waals surface area contributed by atoms with Gasteiger partial charge < -0.3 is 18.5 Å². The van der Waals surface area contributed by atoms with Crippen molar-refractivity contribution in [2.75, 3.05) is 0 Å². The molecule has 1 aromatic rings. The molecular formula is C25H44N2O6SSi. The van der Waals surface area contributed by atoms with Gasteiger partial charge in [0.2, 0.25) is 5.12 Å². The summed E-state index contributed by atoms with van der Waals surface area (Å²) in [5.41, 5.74) is 0.710. The van der Waals surface area contributed by atoms with Gasteiger partial charge in [-0.1, -0.05) is 41.5 Å². The van der Waals surface area contributed by atoms with Crippen LogP contribution in [0.5, 0.6) is 0 Å². The van der Waals surface area contributed by atoms with Crippen molar-refractivity contribution in [2.45, 2.75) is 129 Å². The van der Waals surface area contributed by atoms with Gasteiger partial charge in [-0.2, -0.15) is 0 Å². The molecule has 0 bridgehead atoms. The Bertz CT molecular complexity index is 914. The van der Waals surface area contributed by atoms with Crippen molar-refractivity contribution in [2.24, 2.45) is 0 Å². The minimum Gasteiger partial charge on any atom is -0.451 e. The van der Waals surface area contributed by atoms with Gasteiger partial charge in [-0.05, 0) is 64.5 Å². The van der Waals surface area contributed by atoms with Crippen molar-refractivity contribution in [1.82, 2.24) is 9.55 Å². The Hall–Kier alpha value is -1.65. The smallest absolute Gasteiger partial charge is 0.347 e. The molecule has 0 radical (unpaired) electrons. The van der Waals surface area contributed by atoms with E-state index in [9.17, 15) is 14.4 Å². The molecule has 0 N–H and O–H groups in total. The minimum atomic E-state index is -2.18. The summed E-state index contributed by atoms with van der Waals surface area (Å²) in [6.07, 6.45) is -1.07. The highest BCUT2D eigenvalue weighted by molar-refractivity contribution is 8.13. The van der Waals surface area contributed by atoms with Crippen LogP contribution in [-0.4, -0.2) is 53.2 Å². The van der Waals surface area contributed by atoms with Gasteiger partial charge in [-0.25, -0.2) is 14.6 Å². The number of carbonyl (C=O) groups excluding carboxylic acids is 3. The highest BCUT2D eigenvalue weighted by Gasteiger charge is 2.40. The maximum absolute atomic E-state index is 12.8. The third-order valence-corrected chi connectivity index (χ3v) is 11.6. The van der Waals surface area contributed by atoms with Crippen molar-refractivity contribution in [3.05, 3.63) is 11.9 Å². The summed E-state index contributed by atoms with van der Waals surface area (Å²) in [7, 11) is -2.18. The second kappa shape index (κ2) is 11.6. The van der Waals surface area contributed by atoms with E-state index >= 15 is 0 Å². The zero-order valence-electron chi connectivity index (χ0n) is 23.6. The first-order chi connectivity index (χ1) is 15.7. The van der Waals surface area contributed by atoms with Crippen LogP contribution in [0.25, 0.3) is 0 Å². The Balaban J connectivity index is 2.76. The molecule has 10 heteroatoms. The number of aromatic nitrogens is 2. The van der Waals surface area contributed by atoms with Gasteiger partial charge in [0.1, 0.15) is 6.10 Å². The Morgan fingerprint density at radius 3 is 1.83 bits per heavy atom. The zero-order valence-corrected chi connectivity index (χ0v) is 25.5. The number of ether oxygens (including phenoxy) is 2. The van der Waals surface area contributed by atoms with Crippen molar-refractivity contribution in [3.8, 4) is 0 Å². The summed E-state index contributed by atoms with van der Waals surface area (Å²) in [5, 5.41) is 0.116. The SMILES string of the molecule is CC(C)n1cc(C(C)(C)C)nc1SC(=O)[C@H](C)OC(=O)[C@H](C)OC(=O)[C@@H](C)O[Si](C)(C)C(C)(C)C. The second-order valence-corrected chi connectivity index (χ2v) is 17.5. The molecule has 0 unspecified atom stereocenters. The standard InChI is InChI=1S/C25H44N2O6SSi/c1-15(2)27-14-19(24(6,7)8)26-23(27)34-22(30)18(5)32-20(28)16(3)31-21(29)17(4)33-35(12,13)25(9,10)11/h14-18H,1-13H3/t16-,17+,18-/m0/s1. The fourth-order valence-corrected chi connectivity index (χ4v) is 4.90. The van der Waals surface area contributed by atoms with Crippen LogP contribution in [-0.2, 0) is 33.7 Å². The Labute approximate surface area is 216 Å². The van der Waals surface area contributed by atoms with Crippen LogP contribution in [0, 0.1) is 0 Å². The van der Waals surface area contributed by atoms with E-state index in [-0.39, 0.29) is 21.6 Å². The van der Waals surface area contributed by atoms with E-state index in [1.165, 1.54) is 13.8 Å². The molecule has 1 aromatic heterocycles. The Kier molecular flexibility index (Phi) is 10.4. The monoisotopic (exact) mass is 528 g/mol. The number of hydrogen-bond donors (Lipinski definition) is 0. The van der Waals surface area contributed by atoms with Gasteiger partial charge in [0.15, 0.2) is 25.7 Å². The number of hydrogen-bond acceptors (Lipinski definition) is 8. The average molecular weight is 529 g/mol. The van der Waals surface area contributed by atoms with Gasteiger partial charge in [-0.3, -0.25) is 4.79 Å². The summed E-state index contributed by atoms with van der Waals surface area (Å²) < 4.78 is 18.5. The molecule has 0 saturated heterocycles. The van der Waals surface area contributed by atoms with E-state index in [1.807, 2.05) is 37.7 Å². The molecule has 1 rings (SSSR count). The molecule has 35 heavy (non-hydrogen) atoms. The Morgan fingerprint density at radius 2 is 1.37 bits per heavy atom. The fourth-order valence-electron chi connectivity index (χ4n) is 2.66. The van der Waals surface area contributed by atoms with E-state index < -0.39 is 38.6 Å². The van der Waals surface area contributed by atoms with Crippen LogP contribution in [0.2, 0.25) is 18.1 Å². The molecule has 0 aromatic carbocycles. The van der Waals surface area contributed by atoms with E-state index in [4.69, 9.17) is 13.9 Å². The number of esters is 2. The summed E-state index contributed by atoms with van der Waals surface area (Å²) in [6.45, 7) is 25.0. The van der Waals surface area contributed by atoms with Crippen LogP contribution in [0.4, 0.5) is 0 Å². The molecule has 0 saturated carbocycles. The maximum atomic E-state index is 12.8. The van der Waals surface area contributed by atoms with Crippen molar-refractivity contribution in [1.29, 1.82) is 0 Å². The first kappa shape index (κ1) is 31.4. The number of carbonyl (C=O) groups is 3. The van der Waals surface area contributed by atoms with E-state index in [2.05, 4.69) is 46.5 Å². The third-order valence-electron chi connectivity index (χ3n) is 6.07. The quantitative estimate of drug-likeness (QED) is 0.230. The van der Waals surface area contributed by atoms with Crippen molar-refractivity contribution in [3.63, 3.8) is 0 Å². The number of thioether (sulfide) groups is 1. The average Bonchev–Trinajstić information content (AvgIpc) is 3.10. The van der Waals surface area contributed by atoms with E-state index in [1.54, 1.807) is 6.92 Å². The molecule has 200 valence electrons. The molecule has 1 heterocycles. The van der Waals surface area contributed by atoms with Crippen LogP contribution >= 0.6 is 11.8 Å². The third kappa shape index (κ3) is 8.75. The lowest BCUT2D eigenvalue weighted by Crippen LogP contribution is -2.46. The molecule has 3 atom stereocenters. The second-order valence-electron chi connectivity index (χ2n) is 11.8. The number of rotatable bonds is 9. The van der Waals surface area contributed by atoms with Crippen LogP contribution in [0.1, 0.15) is 87.9 Å². The molecule has 0 aliphatic heterocycles. The number of imidazole rings is 1. The summed E-state index contributed by atoms with van der Waals surface area (Å²) >= 11 is 0.937. The summed E-state index contributed by atoms with van der Waals surface area (Å²) in [6, 6.07) is 0.113. The first-order valence-electron chi connectivity index (χ1n) is 12.1. The molecular weight excluding hydrogens is 484 g/mol. The largest absolute Gasteiger partial charge is 0.451 e. The molecule has 0 fully saturated rings. The molecule has 0 aliphatic carbocycles. The molecule has 0 spiro atoms. The van der Waals surface area contributed by atoms with Gasteiger partial charge in [0.05, 0.1) is 5.69 Å².